The summed E-state index contributed by atoms with van der Waals surface area (Å²) in [5.41, 5.74) is 1.23. The summed E-state index contributed by atoms with van der Waals surface area (Å²) in [4.78, 5) is 7.40. The smallest absolute Gasteiger partial charge is 0.227 e. The maximum atomic E-state index is 12.5. The van der Waals surface area contributed by atoms with Crippen molar-refractivity contribution in [1.82, 2.24) is 9.97 Å². The number of hydrogen-bond donors (Lipinski definition) is 0. The summed E-state index contributed by atoms with van der Waals surface area (Å²) in [5, 5.41) is 0.599. The Morgan fingerprint density at radius 1 is 1.31 bits per heavy atom. The number of aromatic nitrogens is 2. The Hall–Kier alpha value is -0.810. The second kappa shape index (κ2) is 4.22. The van der Waals surface area contributed by atoms with Crippen molar-refractivity contribution in [3.8, 4) is 0 Å². The van der Waals surface area contributed by atoms with Crippen molar-refractivity contribution in [2.45, 2.75) is 13.3 Å². The number of nitrogens with zero attached hydrogens (tertiary/aromatic N) is 2. The standard InChI is InChI=1S/C10H6BrClF2N2/c1-4-2-3-5(11)6-7(4)15-10(9(13)14)16-8(6)12/h2-3,9H,1H3. The van der Waals surface area contributed by atoms with Gasteiger partial charge in [0.25, 0.3) is 6.43 Å². The SMILES string of the molecule is Cc1ccc(Br)c2c(Cl)nc(C(F)F)nc12. The molecule has 0 bridgehead atoms. The summed E-state index contributed by atoms with van der Waals surface area (Å²) in [6, 6.07) is 3.57. The molecule has 1 aromatic carbocycles. The highest BCUT2D eigenvalue weighted by atomic mass is 79.9. The first-order chi connectivity index (χ1) is 7.50. The van der Waals surface area contributed by atoms with E-state index in [0.29, 0.717) is 15.4 Å². The molecular weight excluding hydrogens is 301 g/mol. The van der Waals surface area contributed by atoms with E-state index >= 15 is 0 Å². The average molecular weight is 308 g/mol. The normalized spacial score (nSPS) is 11.4. The summed E-state index contributed by atoms with van der Waals surface area (Å²) >= 11 is 9.16. The van der Waals surface area contributed by atoms with Crippen LogP contribution in [0.4, 0.5) is 8.78 Å². The molecular formula is C10H6BrClF2N2. The van der Waals surface area contributed by atoms with Crippen LogP contribution in [0.2, 0.25) is 5.15 Å². The van der Waals surface area contributed by atoms with Crippen LogP contribution < -0.4 is 0 Å². The van der Waals surface area contributed by atoms with Crippen LogP contribution in [0, 0.1) is 6.92 Å². The summed E-state index contributed by atoms with van der Waals surface area (Å²) < 4.78 is 25.7. The van der Waals surface area contributed by atoms with Gasteiger partial charge in [0.1, 0.15) is 5.15 Å². The Bertz CT molecular complexity index is 560. The van der Waals surface area contributed by atoms with E-state index < -0.39 is 12.2 Å². The monoisotopic (exact) mass is 306 g/mol. The Labute approximate surface area is 104 Å². The fourth-order valence-corrected chi connectivity index (χ4v) is 2.30. The number of aryl methyl sites for hydroxylation is 1. The molecule has 0 radical (unpaired) electrons. The zero-order chi connectivity index (χ0) is 11.9. The highest BCUT2D eigenvalue weighted by molar-refractivity contribution is 9.10. The zero-order valence-corrected chi connectivity index (χ0v) is 10.5. The lowest BCUT2D eigenvalue weighted by atomic mass is 10.1. The second-order valence-corrected chi connectivity index (χ2v) is 4.47. The Morgan fingerprint density at radius 3 is 2.62 bits per heavy atom. The molecule has 0 saturated carbocycles. The first-order valence-electron chi connectivity index (χ1n) is 4.41. The Balaban J connectivity index is 2.86. The molecule has 6 heteroatoms. The molecule has 16 heavy (non-hydrogen) atoms. The summed E-state index contributed by atoms with van der Waals surface area (Å²) in [7, 11) is 0. The van der Waals surface area contributed by atoms with Gasteiger partial charge in [0.2, 0.25) is 0 Å². The maximum Gasteiger partial charge on any atom is 0.297 e. The molecule has 0 aliphatic heterocycles. The van der Waals surface area contributed by atoms with Gasteiger partial charge in [0.05, 0.1) is 10.9 Å². The molecule has 2 aromatic rings. The third kappa shape index (κ3) is 1.89. The predicted octanol–water partition coefficient (Wildman–Crippen LogP) is 4.29. The molecule has 0 unspecified atom stereocenters. The Kier molecular flexibility index (Phi) is 3.08. The molecule has 0 fully saturated rings. The summed E-state index contributed by atoms with van der Waals surface area (Å²) in [5.74, 6) is -0.543. The van der Waals surface area contributed by atoms with Crippen LogP contribution in [0.3, 0.4) is 0 Å². The van der Waals surface area contributed by atoms with Gasteiger partial charge in [-0.1, -0.05) is 17.7 Å². The lowest BCUT2D eigenvalue weighted by Crippen LogP contribution is -1.98. The summed E-state index contributed by atoms with van der Waals surface area (Å²) in [6.45, 7) is 1.79. The highest BCUT2D eigenvalue weighted by Crippen LogP contribution is 2.31. The molecule has 0 amide bonds. The van der Waals surface area contributed by atoms with Gasteiger partial charge in [-0.25, -0.2) is 18.7 Å². The van der Waals surface area contributed by atoms with E-state index in [9.17, 15) is 8.78 Å². The minimum absolute atomic E-state index is 0.0378. The number of halogens is 4. The lowest BCUT2D eigenvalue weighted by Gasteiger charge is -2.07. The van der Waals surface area contributed by atoms with Crippen molar-refractivity contribution in [2.24, 2.45) is 0 Å². The summed E-state index contributed by atoms with van der Waals surface area (Å²) in [6.07, 6.45) is -2.72. The number of fused-ring (bicyclic) bond motifs is 1. The molecule has 0 aliphatic rings. The van der Waals surface area contributed by atoms with E-state index in [1.807, 2.05) is 0 Å². The van der Waals surface area contributed by atoms with Crippen molar-refractivity contribution in [3.63, 3.8) is 0 Å². The van der Waals surface area contributed by atoms with Crippen molar-refractivity contribution in [3.05, 3.63) is 33.1 Å². The quantitative estimate of drug-likeness (QED) is 0.734. The van der Waals surface area contributed by atoms with E-state index in [1.54, 1.807) is 19.1 Å². The van der Waals surface area contributed by atoms with E-state index in [1.165, 1.54) is 0 Å². The molecule has 1 heterocycles. The zero-order valence-electron chi connectivity index (χ0n) is 8.14. The molecule has 0 aliphatic carbocycles. The minimum Gasteiger partial charge on any atom is -0.227 e. The largest absolute Gasteiger partial charge is 0.297 e. The van der Waals surface area contributed by atoms with Gasteiger partial charge in [0.15, 0.2) is 5.82 Å². The van der Waals surface area contributed by atoms with Crippen LogP contribution in [0.15, 0.2) is 16.6 Å². The molecule has 0 atom stereocenters. The molecule has 0 N–H and O–H groups in total. The van der Waals surface area contributed by atoms with Gasteiger partial charge in [-0.2, -0.15) is 0 Å². The molecule has 84 valence electrons. The lowest BCUT2D eigenvalue weighted by molar-refractivity contribution is 0.141. The number of alkyl halides is 2. The van der Waals surface area contributed by atoms with E-state index in [4.69, 9.17) is 11.6 Å². The Morgan fingerprint density at radius 2 is 2.00 bits per heavy atom. The van der Waals surface area contributed by atoms with Gasteiger partial charge in [-0.15, -0.1) is 0 Å². The molecule has 2 nitrogen and oxygen atoms in total. The van der Waals surface area contributed by atoms with Crippen LogP contribution in [-0.2, 0) is 0 Å². The van der Waals surface area contributed by atoms with Crippen molar-refractivity contribution in [2.75, 3.05) is 0 Å². The predicted molar refractivity (Wildman–Crippen MR) is 61.9 cm³/mol. The van der Waals surface area contributed by atoms with Gasteiger partial charge < -0.3 is 0 Å². The fraction of sp³-hybridized carbons (Fsp3) is 0.200. The molecule has 0 saturated heterocycles. The second-order valence-electron chi connectivity index (χ2n) is 3.26. The third-order valence-electron chi connectivity index (χ3n) is 2.17. The van der Waals surface area contributed by atoms with Crippen LogP contribution in [0.25, 0.3) is 10.9 Å². The topological polar surface area (TPSA) is 25.8 Å². The first-order valence-corrected chi connectivity index (χ1v) is 5.58. The maximum absolute atomic E-state index is 12.5. The van der Waals surface area contributed by atoms with Crippen LogP contribution in [0.5, 0.6) is 0 Å². The highest BCUT2D eigenvalue weighted by Gasteiger charge is 2.16. The van der Waals surface area contributed by atoms with Crippen molar-refractivity contribution >= 4 is 38.4 Å². The van der Waals surface area contributed by atoms with Crippen LogP contribution >= 0.6 is 27.5 Å². The van der Waals surface area contributed by atoms with E-state index in [0.717, 1.165) is 5.56 Å². The van der Waals surface area contributed by atoms with Crippen LogP contribution in [-0.4, -0.2) is 9.97 Å². The average Bonchev–Trinajstić information content (AvgIpc) is 2.22. The van der Waals surface area contributed by atoms with Crippen molar-refractivity contribution < 1.29 is 8.78 Å². The number of rotatable bonds is 1. The molecule has 1 aromatic heterocycles. The van der Waals surface area contributed by atoms with Crippen molar-refractivity contribution in [1.29, 1.82) is 0 Å². The van der Waals surface area contributed by atoms with Crippen LogP contribution in [0.1, 0.15) is 17.8 Å². The van der Waals surface area contributed by atoms with Gasteiger partial charge in [-0.05, 0) is 34.5 Å². The first kappa shape index (κ1) is 11.7. The number of hydrogen-bond acceptors (Lipinski definition) is 2. The van der Waals surface area contributed by atoms with Gasteiger partial charge >= 0.3 is 0 Å². The van der Waals surface area contributed by atoms with E-state index in [2.05, 4.69) is 25.9 Å². The van der Waals surface area contributed by atoms with Gasteiger partial charge in [0, 0.05) is 4.47 Å². The molecule has 0 spiro atoms. The number of benzene rings is 1. The van der Waals surface area contributed by atoms with E-state index in [-0.39, 0.29) is 5.15 Å². The third-order valence-corrected chi connectivity index (χ3v) is 3.10. The van der Waals surface area contributed by atoms with Gasteiger partial charge in [-0.3, -0.25) is 0 Å². The minimum atomic E-state index is -2.72. The fourth-order valence-electron chi connectivity index (χ4n) is 1.40. The molecule has 2 rings (SSSR count).